The number of carbonyl (C=O) groups is 1. The lowest BCUT2D eigenvalue weighted by Gasteiger charge is -2.10. The first-order chi connectivity index (χ1) is 12.7. The second-order valence-corrected chi connectivity index (χ2v) is 5.92. The molecule has 0 fully saturated rings. The first-order valence-corrected chi connectivity index (χ1v) is 8.90. The van der Waals surface area contributed by atoms with E-state index in [-0.39, 0.29) is 5.91 Å². The Bertz CT molecular complexity index is 698. The number of nitrogens with one attached hydrogen (secondary N) is 1. The van der Waals surface area contributed by atoms with Crippen molar-refractivity contribution in [3.8, 4) is 17.2 Å². The molecule has 26 heavy (non-hydrogen) atoms. The summed E-state index contributed by atoms with van der Waals surface area (Å²) in [6.45, 7) is 3.35. The minimum Gasteiger partial charge on any atom is -0.494 e. The normalized spacial score (nSPS) is 10.3. The molecule has 0 aliphatic rings. The van der Waals surface area contributed by atoms with Crippen LogP contribution in [0.4, 0.5) is 0 Å². The van der Waals surface area contributed by atoms with Crippen molar-refractivity contribution >= 4 is 5.91 Å². The average Bonchev–Trinajstić information content (AvgIpc) is 2.69. The summed E-state index contributed by atoms with van der Waals surface area (Å²) in [7, 11) is 3.25. The maximum Gasteiger partial charge on any atom is 0.251 e. The van der Waals surface area contributed by atoms with E-state index in [1.165, 1.54) is 0 Å². The predicted molar refractivity (Wildman–Crippen MR) is 102 cm³/mol. The van der Waals surface area contributed by atoms with Gasteiger partial charge in [0.1, 0.15) is 5.75 Å². The van der Waals surface area contributed by atoms with Crippen LogP contribution in [0.15, 0.2) is 42.5 Å². The van der Waals surface area contributed by atoms with Crippen LogP contribution in [-0.2, 0) is 6.42 Å². The van der Waals surface area contributed by atoms with Crippen molar-refractivity contribution in [1.29, 1.82) is 0 Å². The van der Waals surface area contributed by atoms with Crippen LogP contribution in [0.3, 0.4) is 0 Å². The summed E-state index contributed by atoms with van der Waals surface area (Å²) >= 11 is 0. The van der Waals surface area contributed by atoms with Gasteiger partial charge in [-0.25, -0.2) is 0 Å². The lowest BCUT2D eigenvalue weighted by molar-refractivity contribution is 0.0953. The molecule has 5 nitrogen and oxygen atoms in total. The van der Waals surface area contributed by atoms with Crippen LogP contribution in [0.1, 0.15) is 35.7 Å². The zero-order valence-corrected chi connectivity index (χ0v) is 15.7. The molecular weight excluding hydrogens is 330 g/mol. The second kappa shape index (κ2) is 10.3. The first kappa shape index (κ1) is 19.6. The van der Waals surface area contributed by atoms with Crippen molar-refractivity contribution in [3.05, 3.63) is 53.6 Å². The Morgan fingerprint density at radius 2 is 1.73 bits per heavy atom. The molecule has 0 bridgehead atoms. The van der Waals surface area contributed by atoms with Crippen LogP contribution in [0, 0.1) is 0 Å². The number of methoxy groups -OCH3 is 2. The summed E-state index contributed by atoms with van der Waals surface area (Å²) in [4.78, 5) is 12.2. The molecule has 0 saturated carbocycles. The van der Waals surface area contributed by atoms with Crippen molar-refractivity contribution in [3.63, 3.8) is 0 Å². The Labute approximate surface area is 155 Å². The molecule has 0 heterocycles. The highest BCUT2D eigenvalue weighted by atomic mass is 16.5. The molecule has 0 spiro atoms. The van der Waals surface area contributed by atoms with E-state index in [4.69, 9.17) is 14.2 Å². The molecule has 2 aromatic carbocycles. The van der Waals surface area contributed by atoms with Gasteiger partial charge in [-0.05, 0) is 61.2 Å². The summed E-state index contributed by atoms with van der Waals surface area (Å²) < 4.78 is 16.1. The fraction of sp³-hybridized carbons (Fsp3) is 0.381. The highest BCUT2D eigenvalue weighted by molar-refractivity contribution is 5.94. The molecule has 1 amide bonds. The van der Waals surface area contributed by atoms with Gasteiger partial charge in [0.25, 0.3) is 5.91 Å². The van der Waals surface area contributed by atoms with E-state index in [9.17, 15) is 4.79 Å². The predicted octanol–water partition coefficient (Wildman–Crippen LogP) is 3.86. The van der Waals surface area contributed by atoms with Crippen LogP contribution >= 0.6 is 0 Å². The fourth-order valence-corrected chi connectivity index (χ4v) is 2.56. The summed E-state index contributed by atoms with van der Waals surface area (Å²) in [6, 6.07) is 13.1. The number of rotatable bonds is 10. The zero-order valence-electron chi connectivity index (χ0n) is 15.7. The number of benzene rings is 2. The topological polar surface area (TPSA) is 56.8 Å². The molecule has 2 rings (SSSR count). The zero-order chi connectivity index (χ0) is 18.8. The molecule has 1 N–H and O–H groups in total. The number of aryl methyl sites for hydroxylation is 1. The first-order valence-electron chi connectivity index (χ1n) is 8.90. The summed E-state index contributed by atoms with van der Waals surface area (Å²) in [6.07, 6.45) is 2.66. The minimum absolute atomic E-state index is 0.0700. The molecule has 0 aliphatic carbocycles. The van der Waals surface area contributed by atoms with Gasteiger partial charge in [-0.1, -0.05) is 13.0 Å². The van der Waals surface area contributed by atoms with E-state index >= 15 is 0 Å². The van der Waals surface area contributed by atoms with Crippen molar-refractivity contribution in [1.82, 2.24) is 5.32 Å². The molecule has 0 aromatic heterocycles. The SMILES string of the molecule is CCCOc1ccc(C(=O)NCCCc2ccc(OC)c(OC)c2)cc1. The lowest BCUT2D eigenvalue weighted by atomic mass is 10.1. The number of amides is 1. The van der Waals surface area contributed by atoms with E-state index in [2.05, 4.69) is 12.2 Å². The molecule has 0 aliphatic heterocycles. The Hall–Kier alpha value is -2.69. The van der Waals surface area contributed by atoms with Gasteiger partial charge in [0.15, 0.2) is 11.5 Å². The Morgan fingerprint density at radius 1 is 1.00 bits per heavy atom. The van der Waals surface area contributed by atoms with Crippen LogP contribution in [0.25, 0.3) is 0 Å². The smallest absolute Gasteiger partial charge is 0.251 e. The molecule has 2 aromatic rings. The molecule has 0 radical (unpaired) electrons. The lowest BCUT2D eigenvalue weighted by Crippen LogP contribution is -2.24. The molecule has 0 atom stereocenters. The van der Waals surface area contributed by atoms with E-state index in [1.54, 1.807) is 26.4 Å². The van der Waals surface area contributed by atoms with Crippen LogP contribution in [0.5, 0.6) is 17.2 Å². The number of carbonyl (C=O) groups excluding carboxylic acids is 1. The Balaban J connectivity index is 1.78. The van der Waals surface area contributed by atoms with Crippen molar-refractivity contribution in [2.24, 2.45) is 0 Å². The standard InChI is InChI=1S/C21H27NO4/c1-4-14-26-18-10-8-17(9-11-18)21(23)22-13-5-6-16-7-12-19(24-2)20(15-16)25-3/h7-12,15H,4-6,13-14H2,1-3H3,(H,22,23). The highest BCUT2D eigenvalue weighted by Crippen LogP contribution is 2.27. The molecule has 0 unspecified atom stereocenters. The minimum atomic E-state index is -0.0700. The van der Waals surface area contributed by atoms with Gasteiger partial charge in [0.2, 0.25) is 0 Å². The molecule has 140 valence electrons. The molecule has 0 saturated heterocycles. The molecular formula is C21H27NO4. The average molecular weight is 357 g/mol. The number of hydrogen-bond acceptors (Lipinski definition) is 4. The fourth-order valence-electron chi connectivity index (χ4n) is 2.56. The third kappa shape index (κ3) is 5.69. The molecule has 5 heteroatoms. The third-order valence-electron chi connectivity index (χ3n) is 3.97. The van der Waals surface area contributed by atoms with E-state index in [0.29, 0.717) is 18.7 Å². The Kier molecular flexibility index (Phi) is 7.80. The number of hydrogen-bond donors (Lipinski definition) is 1. The third-order valence-corrected chi connectivity index (χ3v) is 3.97. The van der Waals surface area contributed by atoms with Crippen LogP contribution in [-0.4, -0.2) is 33.3 Å². The van der Waals surface area contributed by atoms with Gasteiger partial charge >= 0.3 is 0 Å². The van der Waals surface area contributed by atoms with Gasteiger partial charge in [0.05, 0.1) is 20.8 Å². The van der Waals surface area contributed by atoms with Gasteiger partial charge in [0, 0.05) is 12.1 Å². The van der Waals surface area contributed by atoms with Crippen molar-refractivity contribution in [2.45, 2.75) is 26.2 Å². The van der Waals surface area contributed by atoms with E-state index < -0.39 is 0 Å². The van der Waals surface area contributed by atoms with Crippen molar-refractivity contribution < 1.29 is 19.0 Å². The van der Waals surface area contributed by atoms with Crippen LogP contribution < -0.4 is 19.5 Å². The number of ether oxygens (including phenoxy) is 3. The quantitative estimate of drug-likeness (QED) is 0.656. The second-order valence-electron chi connectivity index (χ2n) is 5.92. The van der Waals surface area contributed by atoms with E-state index in [1.807, 2.05) is 30.3 Å². The maximum absolute atomic E-state index is 12.2. The maximum atomic E-state index is 12.2. The summed E-state index contributed by atoms with van der Waals surface area (Å²) in [5.41, 5.74) is 1.79. The van der Waals surface area contributed by atoms with Gasteiger partial charge in [-0.3, -0.25) is 4.79 Å². The van der Waals surface area contributed by atoms with Gasteiger partial charge < -0.3 is 19.5 Å². The highest BCUT2D eigenvalue weighted by Gasteiger charge is 2.07. The monoisotopic (exact) mass is 357 g/mol. The summed E-state index contributed by atoms with van der Waals surface area (Å²) in [5.74, 6) is 2.16. The van der Waals surface area contributed by atoms with Gasteiger partial charge in [-0.15, -0.1) is 0 Å². The van der Waals surface area contributed by atoms with E-state index in [0.717, 1.165) is 42.1 Å². The summed E-state index contributed by atoms with van der Waals surface area (Å²) in [5, 5.41) is 2.95. The largest absolute Gasteiger partial charge is 0.494 e. The Morgan fingerprint density at radius 3 is 2.38 bits per heavy atom. The van der Waals surface area contributed by atoms with Crippen LogP contribution in [0.2, 0.25) is 0 Å². The van der Waals surface area contributed by atoms with Gasteiger partial charge in [-0.2, -0.15) is 0 Å². The van der Waals surface area contributed by atoms with Crippen molar-refractivity contribution in [2.75, 3.05) is 27.4 Å².